The average Bonchev–Trinajstić information content (AvgIpc) is 2.59. The lowest BCUT2D eigenvalue weighted by atomic mass is 9.93. The number of hydrogen-bond acceptors (Lipinski definition) is 4. The Hall–Kier alpha value is -1.59. The van der Waals surface area contributed by atoms with E-state index in [2.05, 4.69) is 0 Å². The van der Waals surface area contributed by atoms with E-state index in [4.69, 9.17) is 14.2 Å². The molecule has 2 rings (SSSR count). The zero-order valence-corrected chi connectivity index (χ0v) is 13.4. The Labute approximate surface area is 132 Å². The van der Waals surface area contributed by atoms with Crippen LogP contribution in [0.15, 0.2) is 30.3 Å². The molecule has 1 aromatic rings. The number of carbonyl (C=O) groups is 1. The minimum Gasteiger partial charge on any atom is -0.491 e. The lowest BCUT2D eigenvalue weighted by Gasteiger charge is -2.41. The Kier molecular flexibility index (Phi) is 6.21. The molecule has 1 amide bonds. The van der Waals surface area contributed by atoms with E-state index in [-0.39, 0.29) is 5.91 Å². The fraction of sp³-hybridized carbons (Fsp3) is 0.588. The minimum absolute atomic E-state index is 0.114. The van der Waals surface area contributed by atoms with Crippen LogP contribution in [0, 0.1) is 0 Å². The van der Waals surface area contributed by atoms with Gasteiger partial charge in [-0.25, -0.2) is 0 Å². The van der Waals surface area contributed by atoms with Crippen LogP contribution in [0.4, 0.5) is 0 Å². The molecule has 0 bridgehead atoms. The van der Waals surface area contributed by atoms with Gasteiger partial charge in [0.25, 0.3) is 0 Å². The first-order valence-electron chi connectivity index (χ1n) is 7.69. The maximum Gasteiger partial charge on any atom is 0.224 e. The van der Waals surface area contributed by atoms with Gasteiger partial charge in [0.2, 0.25) is 5.91 Å². The minimum atomic E-state index is -0.434. The molecule has 5 nitrogen and oxygen atoms in total. The first-order chi connectivity index (χ1) is 10.7. The van der Waals surface area contributed by atoms with E-state index >= 15 is 0 Å². The smallest absolute Gasteiger partial charge is 0.224 e. The number of benzene rings is 1. The number of nitrogens with zero attached hydrogens (tertiary/aromatic N) is 1. The van der Waals surface area contributed by atoms with Gasteiger partial charge in [-0.1, -0.05) is 18.2 Å². The number of likely N-dealkylation sites (tertiary alicyclic amines) is 1. The van der Waals surface area contributed by atoms with Crippen molar-refractivity contribution in [3.05, 3.63) is 30.3 Å². The molecule has 0 saturated carbocycles. The van der Waals surface area contributed by atoms with Crippen LogP contribution in [-0.4, -0.2) is 56.9 Å². The maximum absolute atomic E-state index is 12.2. The van der Waals surface area contributed by atoms with Crippen molar-refractivity contribution in [3.63, 3.8) is 0 Å². The van der Waals surface area contributed by atoms with Gasteiger partial charge in [0.1, 0.15) is 18.0 Å². The van der Waals surface area contributed by atoms with Crippen LogP contribution in [-0.2, 0) is 14.3 Å². The van der Waals surface area contributed by atoms with Crippen molar-refractivity contribution in [1.82, 2.24) is 4.90 Å². The van der Waals surface area contributed by atoms with Gasteiger partial charge in [-0.3, -0.25) is 4.79 Å². The second kappa shape index (κ2) is 8.15. The van der Waals surface area contributed by atoms with Gasteiger partial charge >= 0.3 is 0 Å². The van der Waals surface area contributed by atoms with E-state index in [1.165, 1.54) is 0 Å². The molecule has 1 fully saturated rings. The average molecular weight is 307 g/mol. The summed E-state index contributed by atoms with van der Waals surface area (Å²) in [6.07, 6.45) is 2.23. The highest BCUT2D eigenvalue weighted by atomic mass is 16.5. The third kappa shape index (κ3) is 4.45. The Bertz CT molecular complexity index is 465. The van der Waals surface area contributed by atoms with E-state index in [0.717, 1.165) is 25.1 Å². The van der Waals surface area contributed by atoms with Crippen molar-refractivity contribution in [2.75, 3.05) is 40.5 Å². The zero-order chi connectivity index (χ0) is 15.8. The molecule has 1 heterocycles. The van der Waals surface area contributed by atoms with Gasteiger partial charge in [0.05, 0.1) is 19.6 Å². The summed E-state index contributed by atoms with van der Waals surface area (Å²) in [4.78, 5) is 14.0. The summed E-state index contributed by atoms with van der Waals surface area (Å²) in [5.41, 5.74) is -0.434. The number of para-hydroxylation sites is 1. The molecule has 1 unspecified atom stereocenters. The molecule has 5 heteroatoms. The van der Waals surface area contributed by atoms with Crippen molar-refractivity contribution in [3.8, 4) is 5.75 Å². The van der Waals surface area contributed by atoms with Crippen LogP contribution in [0.3, 0.4) is 0 Å². The highest BCUT2D eigenvalue weighted by Gasteiger charge is 2.38. The summed E-state index contributed by atoms with van der Waals surface area (Å²) in [6, 6.07) is 9.68. The molecule has 0 N–H and O–H groups in total. The van der Waals surface area contributed by atoms with Crippen molar-refractivity contribution in [2.24, 2.45) is 0 Å². The SMILES string of the molecule is COCCC(=O)N1CCCC(COc2ccccc2)(OC)C1. The predicted octanol–water partition coefficient (Wildman–Crippen LogP) is 2.11. The Balaban J connectivity index is 1.94. The molecule has 1 atom stereocenters. The van der Waals surface area contributed by atoms with Gasteiger partial charge in [-0.2, -0.15) is 0 Å². The molecule has 1 saturated heterocycles. The molecule has 1 aliphatic rings. The molecule has 1 aliphatic heterocycles. The lowest BCUT2D eigenvalue weighted by Crippen LogP contribution is -2.54. The van der Waals surface area contributed by atoms with Crippen LogP contribution in [0.25, 0.3) is 0 Å². The van der Waals surface area contributed by atoms with Crippen molar-refractivity contribution in [1.29, 1.82) is 0 Å². The summed E-state index contributed by atoms with van der Waals surface area (Å²) in [5, 5.41) is 0. The van der Waals surface area contributed by atoms with Crippen LogP contribution in [0.2, 0.25) is 0 Å². The monoisotopic (exact) mass is 307 g/mol. The summed E-state index contributed by atoms with van der Waals surface area (Å²) in [5.74, 6) is 0.935. The largest absolute Gasteiger partial charge is 0.491 e. The van der Waals surface area contributed by atoms with Gasteiger partial charge in [0, 0.05) is 20.8 Å². The number of methoxy groups -OCH3 is 2. The normalized spacial score (nSPS) is 21.6. The van der Waals surface area contributed by atoms with Crippen molar-refractivity contribution >= 4 is 5.91 Å². The third-order valence-corrected chi connectivity index (χ3v) is 4.09. The van der Waals surface area contributed by atoms with Gasteiger partial charge in [-0.15, -0.1) is 0 Å². The fourth-order valence-corrected chi connectivity index (χ4v) is 2.73. The highest BCUT2D eigenvalue weighted by Crippen LogP contribution is 2.26. The van der Waals surface area contributed by atoms with Crippen molar-refractivity contribution < 1.29 is 19.0 Å². The molecule has 122 valence electrons. The standard InChI is InChI=1S/C17H25NO4/c1-20-12-9-16(19)18-11-6-10-17(13-18,21-2)14-22-15-7-4-3-5-8-15/h3-5,7-8H,6,9-14H2,1-2H3. The summed E-state index contributed by atoms with van der Waals surface area (Å²) < 4.78 is 16.6. The molecule has 22 heavy (non-hydrogen) atoms. The molecule has 0 spiro atoms. The number of rotatable bonds is 7. The van der Waals surface area contributed by atoms with E-state index in [0.29, 0.717) is 26.2 Å². The third-order valence-electron chi connectivity index (χ3n) is 4.09. The maximum atomic E-state index is 12.2. The predicted molar refractivity (Wildman–Crippen MR) is 84.0 cm³/mol. The van der Waals surface area contributed by atoms with Gasteiger partial charge in [-0.05, 0) is 25.0 Å². The van der Waals surface area contributed by atoms with Crippen LogP contribution in [0.1, 0.15) is 19.3 Å². The topological polar surface area (TPSA) is 48.0 Å². The molecule has 0 aromatic heterocycles. The van der Waals surface area contributed by atoms with E-state index in [1.54, 1.807) is 14.2 Å². The Morgan fingerprint density at radius 2 is 2.05 bits per heavy atom. The number of amides is 1. The second-order valence-electron chi connectivity index (χ2n) is 5.65. The first-order valence-corrected chi connectivity index (χ1v) is 7.69. The first kappa shape index (κ1) is 16.8. The lowest BCUT2D eigenvalue weighted by molar-refractivity contribution is -0.144. The summed E-state index contributed by atoms with van der Waals surface area (Å²) in [6.45, 7) is 2.25. The fourth-order valence-electron chi connectivity index (χ4n) is 2.73. The quantitative estimate of drug-likeness (QED) is 0.774. The Morgan fingerprint density at radius 1 is 1.27 bits per heavy atom. The van der Waals surface area contributed by atoms with Gasteiger partial charge in [0.15, 0.2) is 0 Å². The van der Waals surface area contributed by atoms with Gasteiger partial charge < -0.3 is 19.1 Å². The van der Waals surface area contributed by atoms with E-state index < -0.39 is 5.60 Å². The second-order valence-corrected chi connectivity index (χ2v) is 5.65. The number of hydrogen-bond donors (Lipinski definition) is 0. The highest BCUT2D eigenvalue weighted by molar-refractivity contribution is 5.76. The molecule has 0 radical (unpaired) electrons. The van der Waals surface area contributed by atoms with E-state index in [1.807, 2.05) is 35.2 Å². The van der Waals surface area contributed by atoms with Crippen molar-refractivity contribution in [2.45, 2.75) is 24.9 Å². The van der Waals surface area contributed by atoms with Crippen LogP contribution in [0.5, 0.6) is 5.75 Å². The number of carbonyl (C=O) groups excluding carboxylic acids is 1. The summed E-state index contributed by atoms with van der Waals surface area (Å²) in [7, 11) is 3.30. The van der Waals surface area contributed by atoms with Crippen LogP contribution < -0.4 is 4.74 Å². The molecule has 1 aromatic carbocycles. The number of piperidine rings is 1. The van der Waals surface area contributed by atoms with Crippen LogP contribution >= 0.6 is 0 Å². The molecular formula is C17H25NO4. The Morgan fingerprint density at radius 3 is 2.73 bits per heavy atom. The molecule has 0 aliphatic carbocycles. The zero-order valence-electron chi connectivity index (χ0n) is 13.4. The molecular weight excluding hydrogens is 282 g/mol. The van der Waals surface area contributed by atoms with E-state index in [9.17, 15) is 4.79 Å². The number of ether oxygens (including phenoxy) is 3. The summed E-state index contributed by atoms with van der Waals surface area (Å²) >= 11 is 0.